The molecule has 0 aromatic heterocycles. The molecule has 2 amide bonds. The van der Waals surface area contributed by atoms with Crippen LogP contribution in [0.5, 0.6) is 0 Å². The predicted octanol–water partition coefficient (Wildman–Crippen LogP) is 3.47. The highest BCUT2D eigenvalue weighted by Gasteiger charge is 2.73. The molecule has 6 heteroatoms. The van der Waals surface area contributed by atoms with Gasteiger partial charge in [-0.25, -0.2) is 4.90 Å². The van der Waals surface area contributed by atoms with Gasteiger partial charge < -0.3 is 9.84 Å². The number of imide groups is 1. The van der Waals surface area contributed by atoms with Crippen LogP contribution in [0.15, 0.2) is 48.6 Å². The Morgan fingerprint density at radius 2 is 1.68 bits per heavy atom. The van der Waals surface area contributed by atoms with Gasteiger partial charge in [-0.1, -0.05) is 56.2 Å². The number of fused-ring (bicyclic) bond motifs is 6. The number of rotatable bonds is 6. The first-order valence-corrected chi connectivity index (χ1v) is 10.8. The number of carbonyl (C=O) groups is 2. The largest absolute Gasteiger partial charge is 0.396 e. The summed E-state index contributed by atoms with van der Waals surface area (Å²) in [6, 6.07) is 12.9. The van der Waals surface area contributed by atoms with E-state index in [9.17, 15) is 20.0 Å². The summed E-state index contributed by atoms with van der Waals surface area (Å²) >= 11 is 0. The number of nitriles is 1. The molecule has 4 atom stereocenters. The van der Waals surface area contributed by atoms with Gasteiger partial charge in [0.05, 0.1) is 29.2 Å². The molecule has 2 aromatic rings. The van der Waals surface area contributed by atoms with Gasteiger partial charge in [0.15, 0.2) is 0 Å². The molecule has 0 spiro atoms. The Morgan fingerprint density at radius 3 is 2.29 bits per heavy atom. The SMILES string of the molecule is CCCC[C@@]12C=C[C@@](CCO)(O1)[C@H]1C(=O)N(c3ccc(C#N)c4ccccc34)C(=O)[C@H]12. The Labute approximate surface area is 180 Å². The monoisotopic (exact) mass is 416 g/mol. The van der Waals surface area contributed by atoms with Gasteiger partial charge in [0.1, 0.15) is 11.2 Å². The standard InChI is InChI=1S/C25H24N2O4/c1-2-3-10-24-11-12-25(31-24,13-14-28)21-20(24)22(29)27(23(21)30)19-9-8-16(15-26)17-6-4-5-7-18(17)19/h4-9,11-12,20-21,28H,2-3,10,13-14H2,1H3/t20-,21+,24-,25-/m0/s1. The van der Waals surface area contributed by atoms with Crippen molar-refractivity contribution in [1.82, 2.24) is 0 Å². The first-order valence-electron chi connectivity index (χ1n) is 10.8. The Kier molecular flexibility index (Phi) is 4.51. The summed E-state index contributed by atoms with van der Waals surface area (Å²) in [7, 11) is 0. The first-order chi connectivity index (χ1) is 15.0. The molecule has 3 heterocycles. The molecule has 2 saturated heterocycles. The van der Waals surface area contributed by atoms with Crippen LogP contribution in [-0.2, 0) is 14.3 Å². The van der Waals surface area contributed by atoms with Gasteiger partial charge >= 0.3 is 0 Å². The summed E-state index contributed by atoms with van der Waals surface area (Å²) in [6.07, 6.45) is 6.62. The third-order valence-corrected chi connectivity index (χ3v) is 7.07. The maximum atomic E-state index is 13.8. The van der Waals surface area contributed by atoms with Crippen molar-refractivity contribution in [2.24, 2.45) is 11.8 Å². The molecule has 2 fully saturated rings. The molecular weight excluding hydrogens is 392 g/mol. The smallest absolute Gasteiger partial charge is 0.241 e. The number of benzene rings is 2. The van der Waals surface area contributed by atoms with Crippen molar-refractivity contribution < 1.29 is 19.4 Å². The van der Waals surface area contributed by atoms with Crippen molar-refractivity contribution in [3.8, 4) is 6.07 Å². The molecule has 2 aromatic carbocycles. The second kappa shape index (κ2) is 7.01. The third-order valence-electron chi connectivity index (χ3n) is 7.07. The van der Waals surface area contributed by atoms with Crippen LogP contribution in [0.3, 0.4) is 0 Å². The summed E-state index contributed by atoms with van der Waals surface area (Å²) in [6.45, 7) is 1.96. The number of carbonyl (C=O) groups excluding carboxylic acids is 2. The van der Waals surface area contributed by atoms with Crippen LogP contribution in [-0.4, -0.2) is 34.7 Å². The van der Waals surface area contributed by atoms with Crippen LogP contribution in [0.4, 0.5) is 5.69 Å². The van der Waals surface area contributed by atoms with Crippen molar-refractivity contribution in [2.75, 3.05) is 11.5 Å². The second-order valence-corrected chi connectivity index (χ2v) is 8.68. The summed E-state index contributed by atoms with van der Waals surface area (Å²) < 4.78 is 6.42. The lowest BCUT2D eigenvalue weighted by Gasteiger charge is -2.30. The Morgan fingerprint density at radius 1 is 1.03 bits per heavy atom. The fraction of sp³-hybridized carbons (Fsp3) is 0.400. The minimum Gasteiger partial charge on any atom is -0.396 e. The Bertz CT molecular complexity index is 1170. The number of hydrogen-bond donors (Lipinski definition) is 1. The average molecular weight is 416 g/mol. The van der Waals surface area contributed by atoms with Crippen LogP contribution in [0.25, 0.3) is 10.8 Å². The number of hydrogen-bond acceptors (Lipinski definition) is 5. The lowest BCUT2D eigenvalue weighted by molar-refractivity contribution is -0.130. The highest BCUT2D eigenvalue weighted by molar-refractivity contribution is 6.26. The Balaban J connectivity index is 1.64. The molecule has 3 aliphatic heterocycles. The van der Waals surface area contributed by atoms with Gasteiger partial charge in [0.25, 0.3) is 0 Å². The molecule has 0 saturated carbocycles. The van der Waals surface area contributed by atoms with Gasteiger partial charge in [-0.15, -0.1) is 0 Å². The van der Waals surface area contributed by atoms with E-state index in [1.165, 1.54) is 4.90 Å². The van der Waals surface area contributed by atoms with E-state index < -0.39 is 23.0 Å². The van der Waals surface area contributed by atoms with E-state index in [-0.39, 0.29) is 24.8 Å². The zero-order chi connectivity index (χ0) is 21.8. The molecule has 3 aliphatic rings. The van der Waals surface area contributed by atoms with Crippen LogP contribution in [0, 0.1) is 23.2 Å². The average Bonchev–Trinajstić information content (AvgIpc) is 3.38. The normalized spacial score (nSPS) is 30.9. The number of ether oxygens (including phenoxy) is 1. The van der Waals surface area contributed by atoms with E-state index in [1.54, 1.807) is 12.1 Å². The van der Waals surface area contributed by atoms with Crippen LogP contribution >= 0.6 is 0 Å². The number of unbranched alkanes of at least 4 members (excludes halogenated alkanes) is 1. The topological polar surface area (TPSA) is 90.6 Å². The fourth-order valence-electron chi connectivity index (χ4n) is 5.71. The zero-order valence-electron chi connectivity index (χ0n) is 17.4. The van der Waals surface area contributed by atoms with Crippen molar-refractivity contribution >= 4 is 28.3 Å². The number of nitrogens with zero attached hydrogens (tertiary/aromatic N) is 2. The summed E-state index contributed by atoms with van der Waals surface area (Å²) in [5, 5.41) is 20.6. The van der Waals surface area contributed by atoms with Crippen molar-refractivity contribution in [3.05, 3.63) is 54.1 Å². The maximum absolute atomic E-state index is 13.8. The lowest BCUT2D eigenvalue weighted by Crippen LogP contribution is -2.42. The maximum Gasteiger partial charge on any atom is 0.241 e. The van der Waals surface area contributed by atoms with Crippen LogP contribution in [0.1, 0.15) is 38.2 Å². The minimum absolute atomic E-state index is 0.126. The molecule has 2 bridgehead atoms. The summed E-state index contributed by atoms with van der Waals surface area (Å²) in [5.74, 6) is -1.80. The van der Waals surface area contributed by atoms with E-state index in [0.29, 0.717) is 28.4 Å². The van der Waals surface area contributed by atoms with Gasteiger partial charge in [-0.2, -0.15) is 5.26 Å². The quantitative estimate of drug-likeness (QED) is 0.575. The van der Waals surface area contributed by atoms with E-state index in [4.69, 9.17) is 4.74 Å². The van der Waals surface area contributed by atoms with E-state index >= 15 is 0 Å². The first kappa shape index (κ1) is 19.9. The molecule has 0 radical (unpaired) electrons. The lowest BCUT2D eigenvalue weighted by atomic mass is 9.69. The minimum atomic E-state index is -0.947. The zero-order valence-corrected chi connectivity index (χ0v) is 17.4. The Hall–Kier alpha value is -3.01. The fourth-order valence-corrected chi connectivity index (χ4v) is 5.71. The molecule has 158 valence electrons. The molecule has 6 nitrogen and oxygen atoms in total. The predicted molar refractivity (Wildman–Crippen MR) is 115 cm³/mol. The van der Waals surface area contributed by atoms with Crippen molar-refractivity contribution in [3.63, 3.8) is 0 Å². The highest BCUT2D eigenvalue weighted by Crippen LogP contribution is 2.60. The second-order valence-electron chi connectivity index (χ2n) is 8.68. The molecule has 0 unspecified atom stereocenters. The highest BCUT2D eigenvalue weighted by atomic mass is 16.5. The molecule has 1 N–H and O–H groups in total. The van der Waals surface area contributed by atoms with E-state index in [2.05, 4.69) is 13.0 Å². The van der Waals surface area contributed by atoms with Gasteiger partial charge in [-0.05, 0) is 18.6 Å². The van der Waals surface area contributed by atoms with Gasteiger partial charge in [-0.3, -0.25) is 9.59 Å². The molecular formula is C25H24N2O4. The van der Waals surface area contributed by atoms with Crippen LogP contribution < -0.4 is 4.90 Å². The van der Waals surface area contributed by atoms with Crippen molar-refractivity contribution in [2.45, 2.75) is 43.8 Å². The van der Waals surface area contributed by atoms with Crippen molar-refractivity contribution in [1.29, 1.82) is 5.26 Å². The molecule has 0 aliphatic carbocycles. The number of amides is 2. The van der Waals surface area contributed by atoms with Crippen LogP contribution in [0.2, 0.25) is 0 Å². The number of aliphatic hydroxyl groups excluding tert-OH is 1. The number of aliphatic hydroxyl groups is 1. The summed E-state index contributed by atoms with van der Waals surface area (Å²) in [5.41, 5.74) is -0.750. The van der Waals surface area contributed by atoms with Gasteiger partial charge in [0, 0.05) is 23.8 Å². The van der Waals surface area contributed by atoms with Gasteiger partial charge in [0.2, 0.25) is 11.8 Å². The van der Waals surface area contributed by atoms with E-state index in [0.717, 1.165) is 12.8 Å². The molecule has 31 heavy (non-hydrogen) atoms. The third kappa shape index (κ3) is 2.57. The van der Waals surface area contributed by atoms with E-state index in [1.807, 2.05) is 36.4 Å². The number of anilines is 1. The molecule has 5 rings (SSSR count). The summed E-state index contributed by atoms with van der Waals surface area (Å²) in [4.78, 5) is 28.8.